The van der Waals surface area contributed by atoms with E-state index >= 15 is 4.39 Å². The first kappa shape index (κ1) is 20.9. The van der Waals surface area contributed by atoms with Crippen LogP contribution in [0.25, 0.3) is 55.8 Å². The quantitative estimate of drug-likeness (QED) is 0.307. The van der Waals surface area contributed by atoms with Gasteiger partial charge in [-0.1, -0.05) is 6.07 Å². The summed E-state index contributed by atoms with van der Waals surface area (Å²) in [7, 11) is 0. The molecule has 0 amide bonds. The summed E-state index contributed by atoms with van der Waals surface area (Å²) in [6.45, 7) is 4.11. The number of anilines is 1. The molecule has 0 unspecified atom stereocenters. The molecule has 0 saturated heterocycles. The lowest BCUT2D eigenvalue weighted by Crippen LogP contribution is -2.09. The first-order valence-corrected chi connectivity index (χ1v) is 11.2. The molecule has 0 saturated carbocycles. The van der Waals surface area contributed by atoms with Gasteiger partial charge in [0.25, 0.3) is 0 Å². The standard InChI is InChI=1S/C26H21FN8/c1-14(2)31-18-8-17(12-29-13-18)16-9-20-22(21(27)10-16)34-35-24(20)26-32-23-19(5-7-30-25(23)33-26)15-4-3-6-28-11-15/h3-14,31H,1-2H3,(H,34,35)(H,30,32,33). The molecule has 35 heavy (non-hydrogen) atoms. The van der Waals surface area contributed by atoms with Gasteiger partial charge in [0.05, 0.1) is 11.2 Å². The van der Waals surface area contributed by atoms with Crippen molar-refractivity contribution in [1.82, 2.24) is 35.1 Å². The van der Waals surface area contributed by atoms with Gasteiger partial charge >= 0.3 is 0 Å². The van der Waals surface area contributed by atoms with Gasteiger partial charge < -0.3 is 10.3 Å². The maximum Gasteiger partial charge on any atom is 0.178 e. The predicted molar refractivity (Wildman–Crippen MR) is 134 cm³/mol. The molecule has 6 rings (SSSR count). The summed E-state index contributed by atoms with van der Waals surface area (Å²) in [4.78, 5) is 21.0. The molecule has 0 aliphatic rings. The number of nitrogens with zero attached hydrogens (tertiary/aromatic N) is 5. The third-order valence-electron chi connectivity index (χ3n) is 5.74. The van der Waals surface area contributed by atoms with Crippen molar-refractivity contribution in [3.63, 3.8) is 0 Å². The highest BCUT2D eigenvalue weighted by Gasteiger charge is 2.18. The number of nitrogens with one attached hydrogen (secondary N) is 3. The van der Waals surface area contributed by atoms with Crippen LogP contribution in [-0.4, -0.2) is 41.2 Å². The van der Waals surface area contributed by atoms with E-state index in [1.165, 1.54) is 6.07 Å². The van der Waals surface area contributed by atoms with Crippen LogP contribution in [0.3, 0.4) is 0 Å². The SMILES string of the molecule is CC(C)Nc1cncc(-c2cc(F)c3n[nH]c(-c4nc5nccc(-c6cccnc6)c5[nH]4)c3c2)c1. The molecule has 9 heteroatoms. The van der Waals surface area contributed by atoms with Gasteiger partial charge in [0.15, 0.2) is 17.3 Å². The van der Waals surface area contributed by atoms with Crippen molar-refractivity contribution in [3.8, 4) is 33.8 Å². The Labute approximate surface area is 199 Å². The molecule has 8 nitrogen and oxygen atoms in total. The molecular weight excluding hydrogens is 443 g/mol. The molecular formula is C26H21FN8. The fraction of sp³-hybridized carbons (Fsp3) is 0.115. The minimum absolute atomic E-state index is 0.245. The first-order chi connectivity index (χ1) is 17.1. The number of hydrogen-bond donors (Lipinski definition) is 3. The Kier molecular flexibility index (Phi) is 4.95. The second-order valence-corrected chi connectivity index (χ2v) is 8.60. The predicted octanol–water partition coefficient (Wildman–Crippen LogP) is 5.58. The summed E-state index contributed by atoms with van der Waals surface area (Å²) in [6.07, 6.45) is 8.70. The average molecular weight is 465 g/mol. The molecule has 5 heterocycles. The molecule has 0 radical (unpaired) electrons. The third-order valence-corrected chi connectivity index (χ3v) is 5.74. The number of benzene rings is 1. The number of fused-ring (bicyclic) bond motifs is 2. The van der Waals surface area contributed by atoms with E-state index in [1.54, 1.807) is 31.0 Å². The van der Waals surface area contributed by atoms with Crippen LogP contribution in [0.15, 0.2) is 67.4 Å². The highest BCUT2D eigenvalue weighted by atomic mass is 19.1. The second kappa shape index (κ2) is 8.28. The number of aromatic nitrogens is 7. The van der Waals surface area contributed by atoms with Crippen LogP contribution in [0.4, 0.5) is 10.1 Å². The Morgan fingerprint density at radius 3 is 2.66 bits per heavy atom. The van der Waals surface area contributed by atoms with Gasteiger partial charge in [0.1, 0.15) is 11.2 Å². The molecule has 0 aliphatic carbocycles. The Morgan fingerprint density at radius 1 is 0.943 bits per heavy atom. The summed E-state index contributed by atoms with van der Waals surface area (Å²) in [5.41, 5.74) is 6.39. The fourth-order valence-electron chi connectivity index (χ4n) is 4.22. The molecule has 5 aromatic heterocycles. The average Bonchev–Trinajstić information content (AvgIpc) is 3.48. The number of imidazole rings is 1. The van der Waals surface area contributed by atoms with Crippen LogP contribution in [0.5, 0.6) is 0 Å². The van der Waals surface area contributed by atoms with E-state index in [4.69, 9.17) is 0 Å². The molecule has 0 spiro atoms. The summed E-state index contributed by atoms with van der Waals surface area (Å²) in [5.74, 6) is 0.101. The van der Waals surface area contributed by atoms with Crippen molar-refractivity contribution < 1.29 is 4.39 Å². The normalized spacial score (nSPS) is 11.5. The van der Waals surface area contributed by atoms with E-state index < -0.39 is 5.82 Å². The minimum Gasteiger partial charge on any atom is -0.382 e. The maximum atomic E-state index is 15.1. The van der Waals surface area contributed by atoms with E-state index in [-0.39, 0.29) is 11.6 Å². The minimum atomic E-state index is -0.424. The van der Waals surface area contributed by atoms with Crippen LogP contribution in [0, 0.1) is 5.82 Å². The van der Waals surface area contributed by atoms with E-state index in [0.29, 0.717) is 28.1 Å². The molecule has 0 fully saturated rings. The first-order valence-electron chi connectivity index (χ1n) is 11.2. The fourth-order valence-corrected chi connectivity index (χ4v) is 4.22. The zero-order chi connectivity index (χ0) is 23.9. The highest BCUT2D eigenvalue weighted by molar-refractivity contribution is 5.97. The van der Waals surface area contributed by atoms with Gasteiger partial charge in [0, 0.05) is 59.1 Å². The number of pyridine rings is 3. The zero-order valence-corrected chi connectivity index (χ0v) is 19.0. The van der Waals surface area contributed by atoms with Crippen molar-refractivity contribution in [3.05, 3.63) is 73.2 Å². The highest BCUT2D eigenvalue weighted by Crippen LogP contribution is 2.34. The summed E-state index contributed by atoms with van der Waals surface area (Å²) in [6, 6.07) is 11.4. The molecule has 3 N–H and O–H groups in total. The summed E-state index contributed by atoms with van der Waals surface area (Å²) in [5, 5.41) is 11.1. The number of halogens is 1. The van der Waals surface area contributed by atoms with Crippen LogP contribution in [0.1, 0.15) is 13.8 Å². The molecule has 172 valence electrons. The number of rotatable bonds is 5. The number of aromatic amines is 2. The maximum absolute atomic E-state index is 15.1. The molecule has 0 bridgehead atoms. The van der Waals surface area contributed by atoms with Crippen molar-refractivity contribution in [2.24, 2.45) is 0 Å². The molecule has 6 aromatic rings. The van der Waals surface area contributed by atoms with Crippen molar-refractivity contribution in [2.75, 3.05) is 5.32 Å². The van der Waals surface area contributed by atoms with E-state index in [0.717, 1.165) is 27.9 Å². The Morgan fingerprint density at radius 2 is 1.83 bits per heavy atom. The smallest absolute Gasteiger partial charge is 0.178 e. The van der Waals surface area contributed by atoms with Gasteiger partial charge in [-0.2, -0.15) is 5.10 Å². The topological polar surface area (TPSA) is 108 Å². The molecule has 1 aromatic carbocycles. The monoisotopic (exact) mass is 464 g/mol. The van der Waals surface area contributed by atoms with Gasteiger partial charge in [-0.05, 0) is 49.7 Å². The van der Waals surface area contributed by atoms with Crippen LogP contribution in [0.2, 0.25) is 0 Å². The Bertz CT molecular complexity index is 1670. The van der Waals surface area contributed by atoms with Crippen LogP contribution in [-0.2, 0) is 0 Å². The van der Waals surface area contributed by atoms with E-state index in [9.17, 15) is 0 Å². The lowest BCUT2D eigenvalue weighted by atomic mass is 10.0. The zero-order valence-electron chi connectivity index (χ0n) is 19.0. The van der Waals surface area contributed by atoms with Gasteiger partial charge in [-0.25, -0.2) is 14.4 Å². The number of H-pyrrole nitrogens is 2. The van der Waals surface area contributed by atoms with Crippen molar-refractivity contribution in [2.45, 2.75) is 19.9 Å². The van der Waals surface area contributed by atoms with Crippen molar-refractivity contribution >= 4 is 27.8 Å². The van der Waals surface area contributed by atoms with Crippen LogP contribution >= 0.6 is 0 Å². The largest absolute Gasteiger partial charge is 0.382 e. The Balaban J connectivity index is 1.48. The summed E-state index contributed by atoms with van der Waals surface area (Å²) >= 11 is 0. The van der Waals surface area contributed by atoms with E-state index in [2.05, 4.69) is 54.3 Å². The third kappa shape index (κ3) is 3.76. The number of hydrogen-bond acceptors (Lipinski definition) is 6. The lowest BCUT2D eigenvalue weighted by Gasteiger charge is -2.11. The van der Waals surface area contributed by atoms with E-state index in [1.807, 2.05) is 30.3 Å². The molecule has 0 aliphatic heterocycles. The Hall–Kier alpha value is -4.66. The van der Waals surface area contributed by atoms with Crippen LogP contribution < -0.4 is 5.32 Å². The van der Waals surface area contributed by atoms with Gasteiger partial charge in [0.2, 0.25) is 0 Å². The van der Waals surface area contributed by atoms with Crippen molar-refractivity contribution in [1.29, 1.82) is 0 Å². The van der Waals surface area contributed by atoms with Gasteiger partial charge in [-0.15, -0.1) is 0 Å². The lowest BCUT2D eigenvalue weighted by molar-refractivity contribution is 0.636. The van der Waals surface area contributed by atoms with Gasteiger partial charge in [-0.3, -0.25) is 15.1 Å². The second-order valence-electron chi connectivity index (χ2n) is 8.60. The summed E-state index contributed by atoms with van der Waals surface area (Å²) < 4.78 is 15.1. The molecule has 0 atom stereocenters.